The van der Waals surface area contributed by atoms with Crippen molar-refractivity contribution in [1.82, 2.24) is 0 Å². The minimum absolute atomic E-state index is 0.0942. The van der Waals surface area contributed by atoms with Crippen LogP contribution in [-0.2, 0) is 27.9 Å². The van der Waals surface area contributed by atoms with Gasteiger partial charge in [0.25, 0.3) is 0 Å². The molecule has 1 N–H and O–H groups in total. The number of phosphoric ester groups is 1. The normalized spacial score (nSPS) is 13.3. The van der Waals surface area contributed by atoms with E-state index in [0.717, 1.165) is 32.1 Å². The van der Waals surface area contributed by atoms with Crippen molar-refractivity contribution in [2.75, 3.05) is 54.1 Å². The Balaban J connectivity index is 3.78. The number of carbonyl (C=O) groups excluding carboxylic acids is 1. The Hall–Kier alpha value is -0.500. The van der Waals surface area contributed by atoms with Crippen LogP contribution < -0.4 is 0 Å². The summed E-state index contributed by atoms with van der Waals surface area (Å²) in [4.78, 5) is 23.0. The first kappa shape index (κ1) is 68.5. The quantitative estimate of drug-likeness (QED) is 0.0281. The maximum Gasteiger partial charge on any atom is 0.472 e. The van der Waals surface area contributed by atoms with Crippen LogP contribution in [0.2, 0.25) is 0 Å². The summed E-state index contributed by atoms with van der Waals surface area (Å²) in [6.07, 6.45) is 63.5. The fourth-order valence-corrected chi connectivity index (χ4v) is 10.2. The molecule has 414 valence electrons. The molecule has 0 radical (unpaired) electrons. The SMILES string of the molecule is CCCCCCCCCCCCCCCCCCCCCCCCCCCCCCCCCCCCCC(=O)O[C@H](COCCCCCCCCCCCCCC)COP(=O)(O)OCC[N+](C)(C)C. The highest BCUT2D eigenvalue weighted by molar-refractivity contribution is 7.47. The van der Waals surface area contributed by atoms with Crippen LogP contribution in [0.1, 0.15) is 322 Å². The summed E-state index contributed by atoms with van der Waals surface area (Å²) in [5, 5.41) is 0. The number of likely N-dealkylation sites (N-methyl/N-ethyl adjacent to an activating group) is 1. The van der Waals surface area contributed by atoms with Gasteiger partial charge in [0.05, 0.1) is 34.4 Å². The van der Waals surface area contributed by atoms with Crippen LogP contribution in [0, 0.1) is 0 Å². The van der Waals surface area contributed by atoms with Crippen molar-refractivity contribution in [2.24, 2.45) is 0 Å². The van der Waals surface area contributed by atoms with Gasteiger partial charge in [-0.3, -0.25) is 13.8 Å². The predicted molar refractivity (Wildman–Crippen MR) is 298 cm³/mol. The molecule has 0 amide bonds. The van der Waals surface area contributed by atoms with E-state index in [2.05, 4.69) is 13.8 Å². The summed E-state index contributed by atoms with van der Waals surface area (Å²) < 4.78 is 35.2. The number of esters is 1. The Labute approximate surface area is 431 Å². The van der Waals surface area contributed by atoms with Crippen LogP contribution in [0.25, 0.3) is 0 Å². The van der Waals surface area contributed by atoms with Gasteiger partial charge in [-0.25, -0.2) is 4.57 Å². The van der Waals surface area contributed by atoms with Gasteiger partial charge in [-0.1, -0.05) is 303 Å². The van der Waals surface area contributed by atoms with Crippen LogP contribution in [0.5, 0.6) is 0 Å². The molecular formula is C60H123NO7P+. The molecule has 0 saturated heterocycles. The number of nitrogens with zero attached hydrogens (tertiary/aromatic N) is 1. The van der Waals surface area contributed by atoms with E-state index in [-0.39, 0.29) is 25.8 Å². The van der Waals surface area contributed by atoms with E-state index in [1.807, 2.05) is 21.1 Å². The molecule has 0 saturated carbocycles. The fraction of sp³-hybridized carbons (Fsp3) is 0.983. The third-order valence-electron chi connectivity index (χ3n) is 14.2. The molecule has 9 heteroatoms. The third kappa shape index (κ3) is 58.3. The van der Waals surface area contributed by atoms with Crippen LogP contribution in [0.3, 0.4) is 0 Å². The zero-order chi connectivity index (χ0) is 50.5. The van der Waals surface area contributed by atoms with Gasteiger partial charge in [-0.05, 0) is 12.8 Å². The average molecular weight is 1000 g/mol. The van der Waals surface area contributed by atoms with E-state index < -0.39 is 13.9 Å². The molecule has 0 aromatic heterocycles. The number of hydrogen-bond acceptors (Lipinski definition) is 6. The van der Waals surface area contributed by atoms with Crippen LogP contribution in [0.4, 0.5) is 0 Å². The highest BCUT2D eigenvalue weighted by atomic mass is 31.2. The zero-order valence-electron chi connectivity index (χ0n) is 47.3. The van der Waals surface area contributed by atoms with Crippen LogP contribution >= 0.6 is 7.82 Å². The topological polar surface area (TPSA) is 91.3 Å². The number of hydrogen-bond donors (Lipinski definition) is 1. The number of quaternary nitrogens is 1. The molecule has 0 aliphatic heterocycles. The molecule has 0 aliphatic carbocycles. The number of rotatable bonds is 59. The standard InChI is InChI=1S/C60H122NO7P/c1-6-8-10-12-14-16-18-20-21-22-23-24-25-26-27-28-29-30-31-32-33-34-35-36-37-38-39-40-41-42-43-45-47-49-51-53-60(62)68-59(58-67-69(63,64)66-56-54-61(3,4)5)57-65-55-52-50-48-46-44-19-17-15-13-11-9-7-2/h59H,6-58H2,1-5H3/p+1/t59-/m1/s1. The van der Waals surface area contributed by atoms with Crippen molar-refractivity contribution in [3.05, 3.63) is 0 Å². The summed E-state index contributed by atoms with van der Waals surface area (Å²) in [7, 11) is 1.69. The van der Waals surface area contributed by atoms with Crippen LogP contribution in [0.15, 0.2) is 0 Å². The van der Waals surface area contributed by atoms with E-state index in [4.69, 9.17) is 18.5 Å². The number of carbonyl (C=O) groups is 1. The van der Waals surface area contributed by atoms with E-state index in [1.54, 1.807) is 0 Å². The minimum Gasteiger partial charge on any atom is -0.457 e. The Kier molecular flexibility index (Phi) is 53.4. The van der Waals surface area contributed by atoms with Gasteiger partial charge < -0.3 is 18.9 Å². The second-order valence-corrected chi connectivity index (χ2v) is 23.9. The third-order valence-corrected chi connectivity index (χ3v) is 15.2. The molecule has 0 aromatic rings. The van der Waals surface area contributed by atoms with Crippen molar-refractivity contribution < 1.29 is 37.3 Å². The molecule has 2 atom stereocenters. The summed E-state index contributed by atoms with van der Waals surface area (Å²) in [6.45, 7) is 5.70. The van der Waals surface area contributed by atoms with Crippen molar-refractivity contribution in [1.29, 1.82) is 0 Å². The molecule has 0 fully saturated rings. The van der Waals surface area contributed by atoms with Gasteiger partial charge in [-0.2, -0.15) is 0 Å². The van der Waals surface area contributed by atoms with Crippen molar-refractivity contribution in [3.63, 3.8) is 0 Å². The molecule has 0 bridgehead atoms. The van der Waals surface area contributed by atoms with Crippen molar-refractivity contribution in [3.8, 4) is 0 Å². The summed E-state index contributed by atoms with van der Waals surface area (Å²) >= 11 is 0. The smallest absolute Gasteiger partial charge is 0.457 e. The minimum atomic E-state index is -4.27. The average Bonchev–Trinajstić information content (AvgIpc) is 3.31. The monoisotopic (exact) mass is 1000 g/mol. The van der Waals surface area contributed by atoms with E-state index in [1.165, 1.54) is 270 Å². The molecule has 0 rings (SSSR count). The Bertz CT molecular complexity index is 1070. The lowest BCUT2D eigenvalue weighted by Crippen LogP contribution is -2.37. The number of ether oxygens (including phenoxy) is 2. The Morgan fingerprint density at radius 2 is 0.667 bits per heavy atom. The zero-order valence-corrected chi connectivity index (χ0v) is 48.2. The largest absolute Gasteiger partial charge is 0.472 e. The molecule has 0 aromatic carbocycles. The van der Waals surface area contributed by atoms with E-state index in [9.17, 15) is 14.3 Å². The highest BCUT2D eigenvalue weighted by Gasteiger charge is 2.26. The second-order valence-electron chi connectivity index (χ2n) is 22.5. The molecule has 0 spiro atoms. The Morgan fingerprint density at radius 1 is 0.391 bits per heavy atom. The van der Waals surface area contributed by atoms with Crippen molar-refractivity contribution >= 4 is 13.8 Å². The maximum absolute atomic E-state index is 12.8. The van der Waals surface area contributed by atoms with E-state index >= 15 is 0 Å². The first-order valence-corrected chi connectivity index (χ1v) is 32.3. The summed E-state index contributed by atoms with van der Waals surface area (Å²) in [5.41, 5.74) is 0. The van der Waals surface area contributed by atoms with E-state index in [0.29, 0.717) is 24.1 Å². The lowest BCUT2D eigenvalue weighted by Gasteiger charge is -2.24. The molecule has 8 nitrogen and oxygen atoms in total. The lowest BCUT2D eigenvalue weighted by molar-refractivity contribution is -0.870. The summed E-state index contributed by atoms with van der Waals surface area (Å²) in [5.74, 6) is -0.303. The predicted octanol–water partition coefficient (Wildman–Crippen LogP) is 19.5. The first-order chi connectivity index (χ1) is 33.6. The highest BCUT2D eigenvalue weighted by Crippen LogP contribution is 2.43. The van der Waals surface area contributed by atoms with Gasteiger partial charge in [0, 0.05) is 13.0 Å². The molecular weight excluding hydrogens is 878 g/mol. The maximum atomic E-state index is 12.8. The van der Waals surface area contributed by atoms with Gasteiger partial charge in [0.1, 0.15) is 19.3 Å². The first-order valence-electron chi connectivity index (χ1n) is 30.8. The lowest BCUT2D eigenvalue weighted by atomic mass is 10.0. The molecule has 0 aliphatic rings. The Morgan fingerprint density at radius 3 is 0.957 bits per heavy atom. The van der Waals surface area contributed by atoms with Gasteiger partial charge in [0.2, 0.25) is 0 Å². The van der Waals surface area contributed by atoms with Gasteiger partial charge in [-0.15, -0.1) is 0 Å². The molecule has 69 heavy (non-hydrogen) atoms. The second kappa shape index (κ2) is 53.8. The van der Waals surface area contributed by atoms with Gasteiger partial charge >= 0.3 is 13.8 Å². The van der Waals surface area contributed by atoms with Crippen LogP contribution in [-0.4, -0.2) is 75.6 Å². The van der Waals surface area contributed by atoms with Gasteiger partial charge in [0.15, 0.2) is 0 Å². The number of unbranched alkanes of at least 4 members (excludes halogenated alkanes) is 45. The molecule has 0 heterocycles. The van der Waals surface area contributed by atoms with Crippen molar-refractivity contribution in [2.45, 2.75) is 328 Å². The number of phosphoric acid groups is 1. The fourth-order valence-electron chi connectivity index (χ4n) is 9.44. The molecule has 1 unspecified atom stereocenters. The summed E-state index contributed by atoms with van der Waals surface area (Å²) in [6, 6.07) is 0.